The molecule has 0 radical (unpaired) electrons. The van der Waals surface area contributed by atoms with E-state index in [0.29, 0.717) is 23.4 Å². The number of rotatable bonds is 9. The SMILES string of the molecule is COc1cc(-c2cc(OCCN[C@H](C)c3cccc4ccccc34)cc(C(=O)O)c2)ccc1C(F)(F)F. The number of methoxy groups -OCH3 is 1. The van der Waals surface area contributed by atoms with Gasteiger partial charge in [-0.1, -0.05) is 48.5 Å². The summed E-state index contributed by atoms with van der Waals surface area (Å²) < 4.78 is 50.5. The van der Waals surface area contributed by atoms with E-state index in [1.165, 1.54) is 24.3 Å². The van der Waals surface area contributed by atoms with Gasteiger partial charge in [0.1, 0.15) is 18.1 Å². The van der Waals surface area contributed by atoms with Gasteiger partial charge in [-0.2, -0.15) is 13.2 Å². The Bertz CT molecular complexity index is 1410. The van der Waals surface area contributed by atoms with Crippen LogP contribution in [0.25, 0.3) is 21.9 Å². The van der Waals surface area contributed by atoms with Crippen molar-refractivity contribution < 1.29 is 32.5 Å². The zero-order chi connectivity index (χ0) is 26.6. The van der Waals surface area contributed by atoms with Gasteiger partial charge in [0.05, 0.1) is 18.2 Å². The van der Waals surface area contributed by atoms with E-state index < -0.39 is 17.7 Å². The maximum Gasteiger partial charge on any atom is 0.419 e. The fraction of sp³-hybridized carbons (Fsp3) is 0.207. The minimum Gasteiger partial charge on any atom is -0.496 e. The lowest BCUT2D eigenvalue weighted by Gasteiger charge is -2.17. The number of aromatic carboxylic acids is 1. The Hall–Kier alpha value is -4.04. The van der Waals surface area contributed by atoms with Crippen LogP contribution in [0.2, 0.25) is 0 Å². The molecule has 192 valence electrons. The monoisotopic (exact) mass is 509 g/mol. The first-order valence-corrected chi connectivity index (χ1v) is 11.6. The Labute approximate surface area is 212 Å². The number of carboxylic acids is 1. The Morgan fingerprint density at radius 3 is 2.46 bits per heavy atom. The van der Waals surface area contributed by atoms with Crippen LogP contribution in [0.15, 0.2) is 78.9 Å². The van der Waals surface area contributed by atoms with Crippen LogP contribution in [0.5, 0.6) is 11.5 Å². The second kappa shape index (κ2) is 10.9. The highest BCUT2D eigenvalue weighted by Gasteiger charge is 2.34. The Kier molecular flexibility index (Phi) is 7.69. The van der Waals surface area contributed by atoms with Gasteiger partial charge in [-0.15, -0.1) is 0 Å². The van der Waals surface area contributed by atoms with Gasteiger partial charge in [-0.05, 0) is 64.7 Å². The van der Waals surface area contributed by atoms with Gasteiger partial charge in [0, 0.05) is 12.6 Å². The summed E-state index contributed by atoms with van der Waals surface area (Å²) >= 11 is 0. The fourth-order valence-corrected chi connectivity index (χ4v) is 4.26. The highest BCUT2D eigenvalue weighted by Crippen LogP contribution is 2.39. The maximum absolute atomic E-state index is 13.2. The molecule has 37 heavy (non-hydrogen) atoms. The average molecular weight is 510 g/mol. The molecule has 0 aliphatic rings. The van der Waals surface area contributed by atoms with E-state index in [9.17, 15) is 23.1 Å². The van der Waals surface area contributed by atoms with Gasteiger partial charge in [-0.25, -0.2) is 4.79 Å². The van der Waals surface area contributed by atoms with Gasteiger partial charge in [-0.3, -0.25) is 0 Å². The largest absolute Gasteiger partial charge is 0.496 e. The molecule has 0 spiro atoms. The molecule has 8 heteroatoms. The zero-order valence-corrected chi connectivity index (χ0v) is 20.3. The Morgan fingerprint density at radius 1 is 0.973 bits per heavy atom. The maximum atomic E-state index is 13.2. The third-order valence-electron chi connectivity index (χ3n) is 6.10. The number of hydrogen-bond acceptors (Lipinski definition) is 4. The summed E-state index contributed by atoms with van der Waals surface area (Å²) in [5.74, 6) is -1.22. The molecule has 4 aromatic rings. The second-order valence-electron chi connectivity index (χ2n) is 8.56. The molecule has 0 saturated carbocycles. The number of carboxylic acid groups (broad SMARTS) is 1. The standard InChI is InChI=1S/C29H26F3NO4/c1-18(24-9-5-7-19-6-3-4-8-25(19)24)33-12-13-37-23-15-21(14-22(16-23)28(34)35)20-10-11-26(29(30,31)32)27(17-20)36-2/h3-11,14-18,33H,12-13H2,1-2H3,(H,34,35)/t18-/m1/s1. The highest BCUT2D eigenvalue weighted by atomic mass is 19.4. The van der Waals surface area contributed by atoms with Crippen LogP contribution in [0.4, 0.5) is 13.2 Å². The average Bonchev–Trinajstić information content (AvgIpc) is 2.89. The van der Waals surface area contributed by atoms with Crippen molar-refractivity contribution in [3.05, 3.63) is 95.6 Å². The smallest absolute Gasteiger partial charge is 0.419 e. The third-order valence-corrected chi connectivity index (χ3v) is 6.10. The molecule has 0 aliphatic heterocycles. The predicted octanol–water partition coefficient (Wildman–Crippen LogP) is 6.96. The van der Waals surface area contributed by atoms with Crippen molar-refractivity contribution in [1.29, 1.82) is 0 Å². The molecule has 2 N–H and O–H groups in total. The molecule has 0 unspecified atom stereocenters. The van der Waals surface area contributed by atoms with Crippen molar-refractivity contribution in [3.8, 4) is 22.6 Å². The quantitative estimate of drug-likeness (QED) is 0.239. The summed E-state index contributed by atoms with van der Waals surface area (Å²) in [6.45, 7) is 2.81. The Morgan fingerprint density at radius 2 is 1.73 bits per heavy atom. The second-order valence-corrected chi connectivity index (χ2v) is 8.56. The first-order valence-electron chi connectivity index (χ1n) is 11.6. The lowest BCUT2D eigenvalue weighted by atomic mass is 10.00. The molecule has 0 aliphatic carbocycles. The van der Waals surface area contributed by atoms with Gasteiger partial charge in [0.25, 0.3) is 0 Å². The number of halogens is 3. The van der Waals surface area contributed by atoms with Crippen LogP contribution in [-0.2, 0) is 6.18 Å². The number of fused-ring (bicyclic) bond motifs is 1. The van der Waals surface area contributed by atoms with Crippen LogP contribution in [0.1, 0.15) is 34.5 Å². The summed E-state index contributed by atoms with van der Waals surface area (Å²) in [6, 6.07) is 22.2. The molecular formula is C29H26F3NO4. The van der Waals surface area contributed by atoms with E-state index in [1.54, 1.807) is 6.07 Å². The first kappa shape index (κ1) is 26.0. The van der Waals surface area contributed by atoms with Crippen LogP contribution in [-0.4, -0.2) is 31.3 Å². The third kappa shape index (κ3) is 6.03. The molecule has 0 saturated heterocycles. The van der Waals surface area contributed by atoms with E-state index in [2.05, 4.69) is 36.5 Å². The van der Waals surface area contributed by atoms with E-state index in [4.69, 9.17) is 9.47 Å². The van der Waals surface area contributed by atoms with Gasteiger partial charge >= 0.3 is 12.1 Å². The van der Waals surface area contributed by atoms with Crippen LogP contribution < -0.4 is 14.8 Å². The summed E-state index contributed by atoms with van der Waals surface area (Å²) in [7, 11) is 1.16. The van der Waals surface area contributed by atoms with E-state index in [0.717, 1.165) is 29.5 Å². The summed E-state index contributed by atoms with van der Waals surface area (Å²) in [6.07, 6.45) is -4.57. The molecular weight excluding hydrogens is 483 g/mol. The lowest BCUT2D eigenvalue weighted by molar-refractivity contribution is -0.138. The molecule has 0 aromatic heterocycles. The van der Waals surface area contributed by atoms with Crippen molar-refractivity contribution >= 4 is 16.7 Å². The molecule has 1 atom stereocenters. The summed E-state index contributed by atoms with van der Waals surface area (Å²) in [5, 5.41) is 15.3. The summed E-state index contributed by atoms with van der Waals surface area (Å²) in [4.78, 5) is 11.7. The van der Waals surface area contributed by atoms with Crippen LogP contribution in [0.3, 0.4) is 0 Å². The molecule has 0 fully saturated rings. The molecule has 5 nitrogen and oxygen atoms in total. The van der Waals surface area contributed by atoms with Crippen molar-refractivity contribution in [2.75, 3.05) is 20.3 Å². The molecule has 4 aromatic carbocycles. The molecule has 4 rings (SSSR count). The van der Waals surface area contributed by atoms with E-state index in [1.807, 2.05) is 18.2 Å². The minimum atomic E-state index is -4.57. The van der Waals surface area contributed by atoms with Crippen molar-refractivity contribution in [2.24, 2.45) is 0 Å². The lowest BCUT2D eigenvalue weighted by Crippen LogP contribution is -2.24. The summed E-state index contributed by atoms with van der Waals surface area (Å²) in [5.41, 5.74) is 0.989. The number of alkyl halides is 3. The number of nitrogens with one attached hydrogen (secondary N) is 1. The van der Waals surface area contributed by atoms with Gasteiger partial charge < -0.3 is 19.9 Å². The topological polar surface area (TPSA) is 67.8 Å². The van der Waals surface area contributed by atoms with Crippen molar-refractivity contribution in [2.45, 2.75) is 19.1 Å². The molecule has 0 bridgehead atoms. The van der Waals surface area contributed by atoms with E-state index in [-0.39, 0.29) is 24.0 Å². The normalized spacial score (nSPS) is 12.4. The number of hydrogen-bond donors (Lipinski definition) is 2. The fourth-order valence-electron chi connectivity index (χ4n) is 4.26. The van der Waals surface area contributed by atoms with Crippen molar-refractivity contribution in [1.82, 2.24) is 5.32 Å². The molecule has 0 amide bonds. The Balaban J connectivity index is 1.49. The highest BCUT2D eigenvalue weighted by molar-refractivity contribution is 5.90. The molecule has 0 heterocycles. The predicted molar refractivity (Wildman–Crippen MR) is 136 cm³/mol. The minimum absolute atomic E-state index is 0.0385. The van der Waals surface area contributed by atoms with E-state index >= 15 is 0 Å². The first-order chi connectivity index (χ1) is 17.7. The number of carbonyl (C=O) groups is 1. The number of benzene rings is 4. The van der Waals surface area contributed by atoms with Crippen LogP contribution >= 0.6 is 0 Å². The van der Waals surface area contributed by atoms with Crippen LogP contribution in [0, 0.1) is 0 Å². The van der Waals surface area contributed by atoms with Gasteiger partial charge in [0.15, 0.2) is 0 Å². The van der Waals surface area contributed by atoms with Gasteiger partial charge in [0.2, 0.25) is 0 Å². The zero-order valence-electron chi connectivity index (χ0n) is 20.3. The van der Waals surface area contributed by atoms with Crippen molar-refractivity contribution in [3.63, 3.8) is 0 Å². The number of ether oxygens (including phenoxy) is 2.